The number of benzene rings is 1. The minimum absolute atomic E-state index is 0.654. The van der Waals surface area contributed by atoms with Crippen molar-refractivity contribution in [3.8, 4) is 11.3 Å². The second-order valence-corrected chi connectivity index (χ2v) is 3.17. The number of aromatic nitrogens is 2. The van der Waals surface area contributed by atoms with Crippen molar-refractivity contribution in [2.75, 3.05) is 0 Å². The first-order chi connectivity index (χ1) is 7.40. The Bertz CT molecular complexity index is 434. The number of hydrogen-bond acceptors (Lipinski definition) is 3. The molecule has 1 heterocycles. The third-order valence-corrected chi connectivity index (χ3v) is 2.11. The Kier molecular flexibility index (Phi) is 2.83. The largest absolute Gasteiger partial charge is 0.296 e. The van der Waals surface area contributed by atoms with Crippen molar-refractivity contribution in [2.24, 2.45) is 4.99 Å². The van der Waals surface area contributed by atoms with Gasteiger partial charge < -0.3 is 0 Å². The summed E-state index contributed by atoms with van der Waals surface area (Å²) >= 11 is 0. The molecule has 3 nitrogen and oxygen atoms in total. The summed E-state index contributed by atoms with van der Waals surface area (Å²) in [6.07, 6.45) is 5.11. The van der Waals surface area contributed by atoms with Crippen LogP contribution in [-0.4, -0.2) is 16.7 Å². The highest BCUT2D eigenvalue weighted by molar-refractivity contribution is 5.58. The molecule has 0 aliphatic carbocycles. The lowest BCUT2D eigenvalue weighted by Gasteiger charge is -2.00. The Morgan fingerprint density at radius 1 is 1.13 bits per heavy atom. The maximum absolute atomic E-state index is 4.23. The first kappa shape index (κ1) is 9.52. The van der Waals surface area contributed by atoms with E-state index in [0.717, 1.165) is 16.8 Å². The third-order valence-electron chi connectivity index (χ3n) is 2.11. The van der Waals surface area contributed by atoms with Gasteiger partial charge in [0, 0.05) is 18.0 Å². The van der Waals surface area contributed by atoms with Gasteiger partial charge in [-0.25, -0.2) is 0 Å². The monoisotopic (exact) mass is 197 g/mol. The molecular weight excluding hydrogens is 186 g/mol. The van der Waals surface area contributed by atoms with Crippen molar-refractivity contribution < 1.29 is 0 Å². The molecule has 3 heteroatoms. The lowest BCUT2D eigenvalue weighted by molar-refractivity contribution is 1.08. The molecular formula is C12H11N3. The molecule has 1 aromatic heterocycles. The average Bonchev–Trinajstić information content (AvgIpc) is 2.32. The van der Waals surface area contributed by atoms with Gasteiger partial charge in [-0.1, -0.05) is 24.3 Å². The van der Waals surface area contributed by atoms with Gasteiger partial charge in [0.05, 0.1) is 18.4 Å². The molecule has 0 atom stereocenters. The van der Waals surface area contributed by atoms with Crippen molar-refractivity contribution in [1.82, 2.24) is 9.97 Å². The highest BCUT2D eigenvalue weighted by atomic mass is 14.8. The Labute approximate surface area is 88.6 Å². The predicted molar refractivity (Wildman–Crippen MR) is 60.7 cm³/mol. The van der Waals surface area contributed by atoms with Crippen LogP contribution in [0.4, 0.5) is 0 Å². The first-order valence-electron chi connectivity index (χ1n) is 4.68. The molecule has 0 N–H and O–H groups in total. The molecule has 74 valence electrons. The molecule has 0 saturated carbocycles. The van der Waals surface area contributed by atoms with Gasteiger partial charge >= 0.3 is 0 Å². The van der Waals surface area contributed by atoms with Crippen LogP contribution in [0.5, 0.6) is 0 Å². The van der Waals surface area contributed by atoms with Gasteiger partial charge in [0.25, 0.3) is 0 Å². The molecule has 0 saturated heterocycles. The van der Waals surface area contributed by atoms with E-state index in [2.05, 4.69) is 21.7 Å². The minimum atomic E-state index is 0.654. The van der Waals surface area contributed by atoms with Gasteiger partial charge in [-0.3, -0.25) is 15.0 Å². The quantitative estimate of drug-likeness (QED) is 0.708. The van der Waals surface area contributed by atoms with E-state index in [-0.39, 0.29) is 0 Å². The van der Waals surface area contributed by atoms with E-state index >= 15 is 0 Å². The SMILES string of the molecule is C=NCc1ccc(-c2cnccn2)cc1. The van der Waals surface area contributed by atoms with Crippen molar-refractivity contribution in [3.05, 3.63) is 48.4 Å². The summed E-state index contributed by atoms with van der Waals surface area (Å²) in [5, 5.41) is 0. The first-order valence-corrected chi connectivity index (χ1v) is 4.68. The molecule has 2 aromatic rings. The summed E-state index contributed by atoms with van der Waals surface area (Å²) in [5.74, 6) is 0. The van der Waals surface area contributed by atoms with E-state index in [9.17, 15) is 0 Å². The Morgan fingerprint density at radius 2 is 1.93 bits per heavy atom. The van der Waals surface area contributed by atoms with Gasteiger partial charge in [-0.05, 0) is 12.3 Å². The smallest absolute Gasteiger partial charge is 0.0885 e. The number of aliphatic imine (C=N–C) groups is 1. The standard InChI is InChI=1S/C12H11N3/c1-13-8-10-2-4-11(5-3-10)12-9-14-6-7-15-12/h2-7,9H,1,8H2. The van der Waals surface area contributed by atoms with Crippen molar-refractivity contribution >= 4 is 6.72 Å². The van der Waals surface area contributed by atoms with Crippen LogP contribution in [0.15, 0.2) is 47.8 Å². The summed E-state index contributed by atoms with van der Waals surface area (Å²) in [6, 6.07) is 8.09. The lowest BCUT2D eigenvalue weighted by Crippen LogP contribution is -1.85. The Morgan fingerprint density at radius 3 is 2.53 bits per heavy atom. The fraction of sp³-hybridized carbons (Fsp3) is 0.0833. The van der Waals surface area contributed by atoms with E-state index in [0.29, 0.717) is 6.54 Å². The minimum Gasteiger partial charge on any atom is -0.296 e. The van der Waals surface area contributed by atoms with Crippen LogP contribution in [0.1, 0.15) is 5.56 Å². The van der Waals surface area contributed by atoms with Crippen molar-refractivity contribution in [1.29, 1.82) is 0 Å². The zero-order chi connectivity index (χ0) is 10.5. The number of nitrogens with zero attached hydrogens (tertiary/aromatic N) is 3. The molecule has 0 aliphatic rings. The van der Waals surface area contributed by atoms with Crippen molar-refractivity contribution in [3.63, 3.8) is 0 Å². The maximum atomic E-state index is 4.23. The zero-order valence-electron chi connectivity index (χ0n) is 8.30. The van der Waals surface area contributed by atoms with Gasteiger partial charge in [0.1, 0.15) is 0 Å². The molecule has 0 bridgehead atoms. The molecule has 0 radical (unpaired) electrons. The molecule has 2 rings (SSSR count). The number of rotatable bonds is 3. The summed E-state index contributed by atoms with van der Waals surface area (Å²) in [4.78, 5) is 12.1. The summed E-state index contributed by atoms with van der Waals surface area (Å²) in [6.45, 7) is 4.12. The molecule has 0 spiro atoms. The van der Waals surface area contributed by atoms with Crippen LogP contribution in [0.25, 0.3) is 11.3 Å². The normalized spacial score (nSPS) is 9.87. The highest BCUT2D eigenvalue weighted by Crippen LogP contribution is 2.16. The zero-order valence-corrected chi connectivity index (χ0v) is 8.30. The van der Waals surface area contributed by atoms with E-state index in [1.165, 1.54) is 0 Å². The van der Waals surface area contributed by atoms with Crippen LogP contribution in [0, 0.1) is 0 Å². The van der Waals surface area contributed by atoms with E-state index < -0.39 is 0 Å². The summed E-state index contributed by atoms with van der Waals surface area (Å²) in [7, 11) is 0. The summed E-state index contributed by atoms with van der Waals surface area (Å²) in [5.41, 5.74) is 3.10. The third kappa shape index (κ3) is 2.26. The molecule has 1 aromatic carbocycles. The van der Waals surface area contributed by atoms with Gasteiger partial charge in [0.2, 0.25) is 0 Å². The van der Waals surface area contributed by atoms with E-state index in [4.69, 9.17) is 0 Å². The second-order valence-electron chi connectivity index (χ2n) is 3.17. The van der Waals surface area contributed by atoms with Crippen LogP contribution >= 0.6 is 0 Å². The highest BCUT2D eigenvalue weighted by Gasteiger charge is 1.98. The van der Waals surface area contributed by atoms with Crippen LogP contribution < -0.4 is 0 Å². The molecule has 0 aliphatic heterocycles. The molecule has 0 amide bonds. The fourth-order valence-electron chi connectivity index (χ4n) is 1.36. The lowest BCUT2D eigenvalue weighted by atomic mass is 10.1. The van der Waals surface area contributed by atoms with Crippen LogP contribution in [0.2, 0.25) is 0 Å². The van der Waals surface area contributed by atoms with Gasteiger partial charge in [0.15, 0.2) is 0 Å². The molecule has 0 unspecified atom stereocenters. The number of hydrogen-bond donors (Lipinski definition) is 0. The van der Waals surface area contributed by atoms with E-state index in [1.54, 1.807) is 18.6 Å². The van der Waals surface area contributed by atoms with E-state index in [1.807, 2.05) is 24.3 Å². The van der Waals surface area contributed by atoms with Gasteiger partial charge in [-0.2, -0.15) is 0 Å². The van der Waals surface area contributed by atoms with Crippen molar-refractivity contribution in [2.45, 2.75) is 6.54 Å². The molecule has 0 fully saturated rings. The Hall–Kier alpha value is -2.03. The van der Waals surface area contributed by atoms with Gasteiger partial charge in [-0.15, -0.1) is 0 Å². The molecule has 15 heavy (non-hydrogen) atoms. The van der Waals surface area contributed by atoms with Crippen LogP contribution in [0.3, 0.4) is 0 Å². The second kappa shape index (κ2) is 4.46. The summed E-state index contributed by atoms with van der Waals surface area (Å²) < 4.78 is 0. The Balaban J connectivity index is 2.28. The maximum Gasteiger partial charge on any atom is 0.0885 e. The fourth-order valence-corrected chi connectivity index (χ4v) is 1.36. The predicted octanol–water partition coefficient (Wildman–Crippen LogP) is 2.34. The average molecular weight is 197 g/mol. The topological polar surface area (TPSA) is 38.1 Å². The van der Waals surface area contributed by atoms with Crippen LogP contribution in [-0.2, 0) is 6.54 Å².